The van der Waals surface area contributed by atoms with E-state index in [1.807, 2.05) is 60.7 Å². The quantitative estimate of drug-likeness (QED) is 0.567. The number of aliphatic hydroxyl groups is 1. The van der Waals surface area contributed by atoms with Gasteiger partial charge >= 0.3 is 0 Å². The Balaban J connectivity index is 1.72. The molecule has 5 nitrogen and oxygen atoms in total. The second-order valence-corrected chi connectivity index (χ2v) is 8.89. The maximum absolute atomic E-state index is 12.4. The molecule has 0 unspecified atom stereocenters. The fourth-order valence-electron chi connectivity index (χ4n) is 3.10. The van der Waals surface area contributed by atoms with Gasteiger partial charge in [0.15, 0.2) is 0 Å². The van der Waals surface area contributed by atoms with Crippen molar-refractivity contribution >= 4 is 15.7 Å². The highest BCUT2D eigenvalue weighted by molar-refractivity contribution is 7.92. The Morgan fingerprint density at radius 2 is 1.52 bits per heavy atom. The zero-order chi connectivity index (χ0) is 20.7. The summed E-state index contributed by atoms with van der Waals surface area (Å²) in [5.74, 6) is 0. The highest BCUT2D eigenvalue weighted by Crippen LogP contribution is 2.24. The third kappa shape index (κ3) is 6.15. The van der Waals surface area contributed by atoms with Gasteiger partial charge in [-0.3, -0.25) is 4.31 Å². The summed E-state index contributed by atoms with van der Waals surface area (Å²) in [5.41, 5.74) is 3.24. The van der Waals surface area contributed by atoms with Gasteiger partial charge in [-0.1, -0.05) is 72.8 Å². The Labute approximate surface area is 172 Å². The van der Waals surface area contributed by atoms with Gasteiger partial charge in [-0.15, -0.1) is 0 Å². The number of sulfonamides is 1. The first-order valence-corrected chi connectivity index (χ1v) is 11.3. The monoisotopic (exact) mass is 410 g/mol. The lowest BCUT2D eigenvalue weighted by Crippen LogP contribution is -2.29. The molecule has 0 aliphatic carbocycles. The molecule has 0 heterocycles. The van der Waals surface area contributed by atoms with Crippen molar-refractivity contribution in [3.8, 4) is 0 Å². The number of nitrogens with zero attached hydrogens (tertiary/aromatic N) is 1. The van der Waals surface area contributed by atoms with Crippen LogP contribution in [0.1, 0.15) is 22.8 Å². The summed E-state index contributed by atoms with van der Waals surface area (Å²) in [4.78, 5) is 0. The minimum atomic E-state index is -3.48. The summed E-state index contributed by atoms with van der Waals surface area (Å²) in [5, 5.41) is 13.8. The molecule has 0 aromatic heterocycles. The maximum Gasteiger partial charge on any atom is 0.232 e. The zero-order valence-electron chi connectivity index (χ0n) is 16.4. The number of hydrogen-bond donors (Lipinski definition) is 2. The highest BCUT2D eigenvalue weighted by Gasteiger charge is 2.19. The van der Waals surface area contributed by atoms with Gasteiger partial charge in [-0.25, -0.2) is 8.42 Å². The maximum atomic E-state index is 12.4. The first-order valence-electron chi connectivity index (χ1n) is 9.48. The Kier molecular flexibility index (Phi) is 7.04. The van der Waals surface area contributed by atoms with Gasteiger partial charge in [0.25, 0.3) is 0 Å². The van der Waals surface area contributed by atoms with Gasteiger partial charge in [-0.2, -0.15) is 0 Å². The molecule has 1 atom stereocenters. The van der Waals surface area contributed by atoms with Crippen LogP contribution in [-0.2, 0) is 23.1 Å². The van der Waals surface area contributed by atoms with Crippen molar-refractivity contribution in [2.75, 3.05) is 17.1 Å². The molecule has 0 radical (unpaired) electrons. The Morgan fingerprint density at radius 3 is 2.14 bits per heavy atom. The Hall–Kier alpha value is -2.67. The number of rotatable bonds is 9. The summed E-state index contributed by atoms with van der Waals surface area (Å²) < 4.78 is 26.2. The first-order chi connectivity index (χ1) is 13.9. The topological polar surface area (TPSA) is 69.6 Å². The molecule has 2 N–H and O–H groups in total. The number of aliphatic hydroxyl groups excluding tert-OH is 1. The van der Waals surface area contributed by atoms with E-state index in [4.69, 9.17) is 0 Å². The molecule has 0 aliphatic heterocycles. The number of anilines is 1. The summed E-state index contributed by atoms with van der Waals surface area (Å²) >= 11 is 0. The summed E-state index contributed by atoms with van der Waals surface area (Å²) in [6.45, 7) is 1.27. The molecule has 0 saturated carbocycles. The van der Waals surface area contributed by atoms with Crippen LogP contribution >= 0.6 is 0 Å². The molecule has 3 aromatic rings. The molecule has 0 saturated heterocycles. The lowest BCUT2D eigenvalue weighted by Gasteiger charge is -2.24. The molecular weight excluding hydrogens is 384 g/mol. The fraction of sp³-hybridized carbons (Fsp3) is 0.217. The molecule has 0 aliphatic rings. The molecule has 152 valence electrons. The second kappa shape index (κ2) is 9.69. The van der Waals surface area contributed by atoms with Crippen molar-refractivity contribution in [3.63, 3.8) is 0 Å². The number of benzene rings is 3. The normalized spacial score (nSPS) is 12.5. The third-order valence-corrected chi connectivity index (χ3v) is 5.76. The van der Waals surface area contributed by atoms with E-state index < -0.39 is 16.1 Å². The van der Waals surface area contributed by atoms with Gasteiger partial charge in [0, 0.05) is 13.1 Å². The zero-order valence-corrected chi connectivity index (χ0v) is 17.2. The van der Waals surface area contributed by atoms with Crippen LogP contribution in [0.4, 0.5) is 5.69 Å². The smallest absolute Gasteiger partial charge is 0.232 e. The SMILES string of the molecule is CS(=O)(=O)N(Cc1ccccc1)c1cccc([C@@H](O)CNCc2ccccc2)c1. The lowest BCUT2D eigenvalue weighted by molar-refractivity contribution is 0.174. The molecule has 0 bridgehead atoms. The van der Waals surface area contributed by atoms with Crippen LogP contribution in [0.5, 0.6) is 0 Å². The van der Waals surface area contributed by atoms with Crippen LogP contribution in [0.2, 0.25) is 0 Å². The van der Waals surface area contributed by atoms with Crippen LogP contribution in [-0.4, -0.2) is 26.3 Å². The minimum absolute atomic E-state index is 0.242. The molecule has 0 spiro atoms. The lowest BCUT2D eigenvalue weighted by atomic mass is 10.1. The standard InChI is InChI=1S/C23H26N2O3S/c1-29(27,28)25(18-20-11-6-3-7-12-20)22-14-8-13-21(15-22)23(26)17-24-16-19-9-4-2-5-10-19/h2-15,23-24,26H,16-18H2,1H3/t23-/m0/s1. The molecule has 29 heavy (non-hydrogen) atoms. The van der Waals surface area contributed by atoms with Crippen LogP contribution in [0, 0.1) is 0 Å². The van der Waals surface area contributed by atoms with E-state index in [9.17, 15) is 13.5 Å². The van der Waals surface area contributed by atoms with Crippen molar-refractivity contribution in [2.24, 2.45) is 0 Å². The number of hydrogen-bond acceptors (Lipinski definition) is 4. The van der Waals surface area contributed by atoms with Gasteiger partial charge in [0.2, 0.25) is 10.0 Å². The van der Waals surface area contributed by atoms with Crippen molar-refractivity contribution in [2.45, 2.75) is 19.2 Å². The van der Waals surface area contributed by atoms with E-state index >= 15 is 0 Å². The second-order valence-electron chi connectivity index (χ2n) is 6.98. The van der Waals surface area contributed by atoms with Gasteiger partial charge in [0.05, 0.1) is 24.6 Å². The van der Waals surface area contributed by atoms with E-state index in [1.165, 1.54) is 10.6 Å². The summed E-state index contributed by atoms with van der Waals surface area (Å²) in [6, 6.07) is 26.5. The average molecular weight is 411 g/mol. The van der Waals surface area contributed by atoms with Crippen LogP contribution in [0.15, 0.2) is 84.9 Å². The molecule has 3 aromatic carbocycles. The van der Waals surface area contributed by atoms with Crippen molar-refractivity contribution in [1.29, 1.82) is 0 Å². The minimum Gasteiger partial charge on any atom is -0.387 e. The fourth-order valence-corrected chi connectivity index (χ4v) is 3.98. The van der Waals surface area contributed by atoms with Gasteiger partial charge < -0.3 is 10.4 Å². The van der Waals surface area contributed by atoms with Crippen molar-refractivity contribution < 1.29 is 13.5 Å². The molecular formula is C23H26N2O3S. The highest BCUT2D eigenvalue weighted by atomic mass is 32.2. The molecule has 3 rings (SSSR count). The van der Waals surface area contributed by atoms with E-state index in [0.29, 0.717) is 24.3 Å². The largest absolute Gasteiger partial charge is 0.387 e. The first kappa shape index (κ1) is 21.0. The van der Waals surface area contributed by atoms with E-state index in [1.54, 1.807) is 24.3 Å². The molecule has 0 fully saturated rings. The summed E-state index contributed by atoms with van der Waals surface area (Å²) in [7, 11) is -3.48. The Bertz CT molecular complexity index is 1010. The van der Waals surface area contributed by atoms with Crippen LogP contribution in [0.25, 0.3) is 0 Å². The average Bonchev–Trinajstić information content (AvgIpc) is 2.73. The van der Waals surface area contributed by atoms with Gasteiger partial charge in [-0.05, 0) is 28.8 Å². The predicted octanol–water partition coefficient (Wildman–Crippen LogP) is 3.48. The predicted molar refractivity (Wildman–Crippen MR) is 117 cm³/mol. The third-order valence-electron chi connectivity index (χ3n) is 4.62. The molecule has 0 amide bonds. The van der Waals surface area contributed by atoms with E-state index in [0.717, 1.165) is 11.1 Å². The number of nitrogens with one attached hydrogen (secondary N) is 1. The van der Waals surface area contributed by atoms with Crippen molar-refractivity contribution in [3.05, 3.63) is 102 Å². The molecule has 6 heteroatoms. The van der Waals surface area contributed by atoms with Crippen molar-refractivity contribution in [1.82, 2.24) is 5.32 Å². The Morgan fingerprint density at radius 1 is 0.897 bits per heavy atom. The van der Waals surface area contributed by atoms with Crippen LogP contribution < -0.4 is 9.62 Å². The van der Waals surface area contributed by atoms with E-state index in [2.05, 4.69) is 5.32 Å². The van der Waals surface area contributed by atoms with Crippen LogP contribution in [0.3, 0.4) is 0 Å². The summed E-state index contributed by atoms with van der Waals surface area (Å²) in [6.07, 6.45) is 0.456. The van der Waals surface area contributed by atoms with Gasteiger partial charge in [0.1, 0.15) is 0 Å². The van der Waals surface area contributed by atoms with E-state index in [-0.39, 0.29) is 6.54 Å².